The zero-order valence-corrected chi connectivity index (χ0v) is 10.5. The predicted octanol–water partition coefficient (Wildman–Crippen LogP) is 0.146. The van der Waals surface area contributed by atoms with E-state index in [-0.39, 0.29) is 17.7 Å². The highest BCUT2D eigenvalue weighted by Gasteiger charge is 2.26. The Morgan fingerprint density at radius 3 is 3.06 bits per heavy atom. The first-order chi connectivity index (χ1) is 8.15. The van der Waals surface area contributed by atoms with Gasteiger partial charge in [0.2, 0.25) is 11.8 Å². The zero-order chi connectivity index (χ0) is 12.7. The second kappa shape index (κ2) is 7.27. The summed E-state index contributed by atoms with van der Waals surface area (Å²) in [6.07, 6.45) is 4.29. The van der Waals surface area contributed by atoms with Crippen LogP contribution in [-0.4, -0.2) is 30.9 Å². The first-order valence-corrected chi connectivity index (χ1v) is 6.45. The Labute approximate surface area is 103 Å². The lowest BCUT2D eigenvalue weighted by atomic mass is 9.96. The van der Waals surface area contributed by atoms with Crippen molar-refractivity contribution in [2.24, 2.45) is 11.7 Å². The number of unbranched alkanes of at least 4 members (excludes halogenated alkanes) is 1. The molecule has 0 spiro atoms. The Bertz CT molecular complexity index is 268. The van der Waals surface area contributed by atoms with Gasteiger partial charge >= 0.3 is 0 Å². The smallest absolute Gasteiger partial charge is 0.237 e. The molecule has 5 nitrogen and oxygen atoms in total. The molecule has 0 aromatic heterocycles. The van der Waals surface area contributed by atoms with Crippen LogP contribution in [0.15, 0.2) is 0 Å². The van der Waals surface area contributed by atoms with Crippen LogP contribution in [0.1, 0.15) is 39.0 Å². The molecular formula is C12H23N3O2. The summed E-state index contributed by atoms with van der Waals surface area (Å²) in [5.41, 5.74) is 5.85. The molecular weight excluding hydrogens is 218 g/mol. The summed E-state index contributed by atoms with van der Waals surface area (Å²) in [7, 11) is 0. The van der Waals surface area contributed by atoms with Gasteiger partial charge in [0.05, 0.1) is 6.04 Å². The van der Waals surface area contributed by atoms with Crippen molar-refractivity contribution in [1.82, 2.24) is 10.6 Å². The summed E-state index contributed by atoms with van der Waals surface area (Å²) in [5.74, 6) is 0.0158. The summed E-state index contributed by atoms with van der Waals surface area (Å²) >= 11 is 0. The Kier molecular flexibility index (Phi) is 5.97. The van der Waals surface area contributed by atoms with Crippen molar-refractivity contribution < 1.29 is 9.59 Å². The molecule has 0 aromatic rings. The number of amides is 2. The van der Waals surface area contributed by atoms with E-state index in [2.05, 4.69) is 17.6 Å². The second-order valence-electron chi connectivity index (χ2n) is 4.63. The number of hydrogen-bond acceptors (Lipinski definition) is 3. The van der Waals surface area contributed by atoms with Crippen molar-refractivity contribution in [3.05, 3.63) is 0 Å². The van der Waals surface area contributed by atoms with Gasteiger partial charge < -0.3 is 16.4 Å². The molecule has 0 saturated carbocycles. The maximum absolute atomic E-state index is 11.5. The Balaban J connectivity index is 2.33. The standard InChI is InChI=1S/C12H23N3O2/c1-2-3-6-10(16)15-8-9-5-4-7-14-12(17)11(9)13/h9,11H,2-8,13H2,1H3,(H,14,17)(H,15,16)/t9-,11?/m0/s1. The molecule has 0 radical (unpaired) electrons. The van der Waals surface area contributed by atoms with E-state index in [0.29, 0.717) is 19.5 Å². The van der Waals surface area contributed by atoms with Gasteiger partial charge in [-0.1, -0.05) is 13.3 Å². The molecule has 0 aliphatic carbocycles. The average Bonchev–Trinajstić information content (AvgIpc) is 2.48. The van der Waals surface area contributed by atoms with Crippen LogP contribution >= 0.6 is 0 Å². The van der Waals surface area contributed by atoms with Gasteiger partial charge in [-0.2, -0.15) is 0 Å². The van der Waals surface area contributed by atoms with E-state index in [4.69, 9.17) is 5.73 Å². The van der Waals surface area contributed by atoms with Crippen molar-refractivity contribution in [3.63, 3.8) is 0 Å². The maximum atomic E-state index is 11.5. The van der Waals surface area contributed by atoms with Crippen LogP contribution in [0.3, 0.4) is 0 Å². The number of hydrogen-bond donors (Lipinski definition) is 3. The van der Waals surface area contributed by atoms with Gasteiger partial charge in [-0.05, 0) is 19.3 Å². The van der Waals surface area contributed by atoms with E-state index in [0.717, 1.165) is 25.7 Å². The third kappa shape index (κ3) is 4.73. The molecule has 17 heavy (non-hydrogen) atoms. The molecule has 5 heteroatoms. The summed E-state index contributed by atoms with van der Waals surface area (Å²) in [4.78, 5) is 23.0. The highest BCUT2D eigenvalue weighted by Crippen LogP contribution is 2.12. The van der Waals surface area contributed by atoms with Gasteiger partial charge in [0.15, 0.2) is 0 Å². The molecule has 1 rings (SSSR count). The van der Waals surface area contributed by atoms with Crippen molar-refractivity contribution in [1.29, 1.82) is 0 Å². The van der Waals surface area contributed by atoms with Crippen LogP contribution in [0, 0.1) is 5.92 Å². The highest BCUT2D eigenvalue weighted by atomic mass is 16.2. The lowest BCUT2D eigenvalue weighted by molar-refractivity contribution is -0.124. The number of carbonyl (C=O) groups is 2. The second-order valence-corrected chi connectivity index (χ2v) is 4.63. The molecule has 1 aliphatic rings. The molecule has 1 fully saturated rings. The number of rotatable bonds is 5. The molecule has 1 aliphatic heterocycles. The monoisotopic (exact) mass is 241 g/mol. The van der Waals surface area contributed by atoms with Crippen LogP contribution < -0.4 is 16.4 Å². The van der Waals surface area contributed by atoms with Crippen LogP contribution in [0.25, 0.3) is 0 Å². The predicted molar refractivity (Wildman–Crippen MR) is 66.2 cm³/mol. The summed E-state index contributed by atoms with van der Waals surface area (Å²) < 4.78 is 0. The first-order valence-electron chi connectivity index (χ1n) is 6.45. The minimum Gasteiger partial charge on any atom is -0.356 e. The third-order valence-corrected chi connectivity index (χ3v) is 3.18. The summed E-state index contributed by atoms with van der Waals surface area (Å²) in [6.45, 7) is 3.25. The molecule has 0 aromatic carbocycles. The van der Waals surface area contributed by atoms with E-state index in [1.54, 1.807) is 0 Å². The van der Waals surface area contributed by atoms with Gasteiger partial charge in [0.1, 0.15) is 0 Å². The van der Waals surface area contributed by atoms with Crippen molar-refractivity contribution >= 4 is 11.8 Å². The van der Waals surface area contributed by atoms with Crippen molar-refractivity contribution in [2.45, 2.75) is 45.1 Å². The van der Waals surface area contributed by atoms with Gasteiger partial charge in [-0.15, -0.1) is 0 Å². The number of nitrogens with one attached hydrogen (secondary N) is 2. The molecule has 2 atom stereocenters. The third-order valence-electron chi connectivity index (χ3n) is 3.18. The summed E-state index contributed by atoms with van der Waals surface area (Å²) in [5, 5.41) is 5.64. The largest absolute Gasteiger partial charge is 0.356 e. The normalized spacial score (nSPS) is 24.9. The number of carbonyl (C=O) groups excluding carboxylic acids is 2. The zero-order valence-electron chi connectivity index (χ0n) is 10.5. The van der Waals surface area contributed by atoms with Gasteiger partial charge in [0, 0.05) is 25.4 Å². The van der Waals surface area contributed by atoms with Gasteiger partial charge in [-0.25, -0.2) is 0 Å². The van der Waals surface area contributed by atoms with Crippen LogP contribution in [-0.2, 0) is 9.59 Å². The van der Waals surface area contributed by atoms with Crippen molar-refractivity contribution in [3.8, 4) is 0 Å². The average molecular weight is 241 g/mol. The quantitative estimate of drug-likeness (QED) is 0.640. The van der Waals surface area contributed by atoms with Crippen molar-refractivity contribution in [2.75, 3.05) is 13.1 Å². The maximum Gasteiger partial charge on any atom is 0.237 e. The lowest BCUT2D eigenvalue weighted by Crippen LogP contribution is -2.47. The lowest BCUT2D eigenvalue weighted by Gasteiger charge is -2.20. The first kappa shape index (κ1) is 14.0. The Hall–Kier alpha value is -1.10. The SMILES string of the molecule is CCCCC(=O)NC[C@@H]1CCCNC(=O)C1N. The molecule has 1 heterocycles. The van der Waals surface area contributed by atoms with E-state index in [9.17, 15) is 9.59 Å². The molecule has 2 amide bonds. The minimum absolute atomic E-state index is 0.0584. The topological polar surface area (TPSA) is 84.2 Å². The minimum atomic E-state index is -0.496. The van der Waals surface area contributed by atoms with Gasteiger partial charge in [-0.3, -0.25) is 9.59 Å². The van der Waals surface area contributed by atoms with E-state index in [1.807, 2.05) is 0 Å². The van der Waals surface area contributed by atoms with E-state index >= 15 is 0 Å². The van der Waals surface area contributed by atoms with Crippen LogP contribution in [0.2, 0.25) is 0 Å². The molecule has 98 valence electrons. The van der Waals surface area contributed by atoms with E-state index in [1.165, 1.54) is 0 Å². The molecule has 0 bridgehead atoms. The fourth-order valence-electron chi connectivity index (χ4n) is 1.99. The molecule has 4 N–H and O–H groups in total. The molecule has 1 saturated heterocycles. The number of nitrogens with two attached hydrogens (primary N) is 1. The van der Waals surface area contributed by atoms with E-state index < -0.39 is 6.04 Å². The molecule has 1 unspecified atom stereocenters. The fraction of sp³-hybridized carbons (Fsp3) is 0.833. The fourth-order valence-corrected chi connectivity index (χ4v) is 1.99. The van der Waals surface area contributed by atoms with Gasteiger partial charge in [0.25, 0.3) is 0 Å². The van der Waals surface area contributed by atoms with Crippen LogP contribution in [0.4, 0.5) is 0 Å². The van der Waals surface area contributed by atoms with Crippen LogP contribution in [0.5, 0.6) is 0 Å². The summed E-state index contributed by atoms with van der Waals surface area (Å²) in [6, 6.07) is -0.496. The Morgan fingerprint density at radius 1 is 1.59 bits per heavy atom. The Morgan fingerprint density at radius 2 is 2.35 bits per heavy atom. The highest BCUT2D eigenvalue weighted by molar-refractivity contribution is 5.82.